The summed E-state index contributed by atoms with van der Waals surface area (Å²) in [5.41, 5.74) is 1.11. The van der Waals surface area contributed by atoms with Crippen molar-refractivity contribution < 1.29 is 13.5 Å². The van der Waals surface area contributed by atoms with E-state index in [1.807, 2.05) is 23.9 Å². The summed E-state index contributed by atoms with van der Waals surface area (Å²) in [7, 11) is 0. The maximum atomic E-state index is 12.4. The summed E-state index contributed by atoms with van der Waals surface area (Å²) in [6.45, 7) is 2.31. The van der Waals surface area contributed by atoms with E-state index in [9.17, 15) is 8.78 Å². The van der Waals surface area contributed by atoms with Gasteiger partial charge in [0.15, 0.2) is 0 Å². The number of hydrogen-bond acceptors (Lipinski definition) is 3. The van der Waals surface area contributed by atoms with Crippen molar-refractivity contribution in [3.05, 3.63) is 29.8 Å². The standard InChI is InChI=1S/C15H21F2NOS/c1-15(2)7-12(9-20-10-15)18-8-11-5-3-4-6-13(11)19-14(16)17/h3-6,12,14,18H,7-10H2,1-2H3. The van der Waals surface area contributed by atoms with Gasteiger partial charge in [0, 0.05) is 23.9 Å². The van der Waals surface area contributed by atoms with Gasteiger partial charge in [0.2, 0.25) is 0 Å². The van der Waals surface area contributed by atoms with Gasteiger partial charge in [-0.15, -0.1) is 0 Å². The number of thioether (sulfide) groups is 1. The smallest absolute Gasteiger partial charge is 0.387 e. The van der Waals surface area contributed by atoms with Crippen molar-refractivity contribution in [2.75, 3.05) is 11.5 Å². The van der Waals surface area contributed by atoms with Crippen LogP contribution in [0.4, 0.5) is 8.78 Å². The van der Waals surface area contributed by atoms with Crippen LogP contribution >= 0.6 is 11.8 Å². The Morgan fingerprint density at radius 3 is 2.85 bits per heavy atom. The van der Waals surface area contributed by atoms with Gasteiger partial charge in [0.1, 0.15) is 5.75 Å². The van der Waals surface area contributed by atoms with Crippen molar-refractivity contribution >= 4 is 11.8 Å². The zero-order valence-electron chi connectivity index (χ0n) is 11.9. The van der Waals surface area contributed by atoms with E-state index in [-0.39, 0.29) is 5.75 Å². The van der Waals surface area contributed by atoms with Gasteiger partial charge < -0.3 is 10.1 Å². The monoisotopic (exact) mass is 301 g/mol. The predicted molar refractivity (Wildman–Crippen MR) is 79.4 cm³/mol. The SMILES string of the molecule is CC1(C)CSCC(NCc2ccccc2OC(F)F)C1. The molecule has 1 aromatic carbocycles. The number of rotatable bonds is 5. The van der Waals surface area contributed by atoms with Crippen LogP contribution in [0.1, 0.15) is 25.8 Å². The average molecular weight is 301 g/mol. The molecule has 1 fully saturated rings. The topological polar surface area (TPSA) is 21.3 Å². The minimum atomic E-state index is -2.78. The second-order valence-corrected chi connectivity index (χ2v) is 6.98. The van der Waals surface area contributed by atoms with E-state index in [1.54, 1.807) is 12.1 Å². The molecule has 1 atom stereocenters. The first-order valence-electron chi connectivity index (χ1n) is 6.80. The van der Waals surface area contributed by atoms with Crippen LogP contribution in [0.5, 0.6) is 5.75 Å². The minimum Gasteiger partial charge on any atom is -0.434 e. The van der Waals surface area contributed by atoms with Gasteiger partial charge in [-0.3, -0.25) is 0 Å². The summed E-state index contributed by atoms with van der Waals surface area (Å²) in [5.74, 6) is 2.51. The summed E-state index contributed by atoms with van der Waals surface area (Å²) < 4.78 is 29.2. The first kappa shape index (κ1) is 15.6. The van der Waals surface area contributed by atoms with E-state index in [4.69, 9.17) is 0 Å². The summed E-state index contributed by atoms with van der Waals surface area (Å²) in [5, 5.41) is 3.46. The molecule has 5 heteroatoms. The summed E-state index contributed by atoms with van der Waals surface area (Å²) in [6.07, 6.45) is 1.11. The van der Waals surface area contributed by atoms with Crippen molar-refractivity contribution in [3.8, 4) is 5.75 Å². The fourth-order valence-corrected chi connectivity index (χ4v) is 3.82. The summed E-state index contributed by atoms with van der Waals surface area (Å²) in [4.78, 5) is 0. The van der Waals surface area contributed by atoms with Gasteiger partial charge in [-0.05, 0) is 23.7 Å². The van der Waals surface area contributed by atoms with E-state index < -0.39 is 6.61 Å². The molecule has 0 spiro atoms. The molecule has 0 saturated carbocycles. The summed E-state index contributed by atoms with van der Waals surface area (Å²) in [6, 6.07) is 7.38. The number of para-hydroxylation sites is 1. The Kier molecular flexibility index (Phi) is 5.27. The molecule has 1 unspecified atom stereocenters. The normalized spacial score (nSPS) is 21.9. The molecule has 0 aliphatic carbocycles. The lowest BCUT2D eigenvalue weighted by molar-refractivity contribution is -0.0505. The number of nitrogens with one attached hydrogen (secondary N) is 1. The van der Waals surface area contributed by atoms with Gasteiger partial charge in [-0.25, -0.2) is 0 Å². The Hall–Kier alpha value is -0.810. The van der Waals surface area contributed by atoms with Gasteiger partial charge in [-0.1, -0.05) is 32.0 Å². The maximum Gasteiger partial charge on any atom is 0.387 e. The molecule has 1 aliphatic rings. The van der Waals surface area contributed by atoms with Crippen molar-refractivity contribution in [1.82, 2.24) is 5.32 Å². The highest BCUT2D eigenvalue weighted by molar-refractivity contribution is 7.99. The molecule has 0 amide bonds. The van der Waals surface area contributed by atoms with Gasteiger partial charge in [-0.2, -0.15) is 20.5 Å². The van der Waals surface area contributed by atoms with Gasteiger partial charge in [0.25, 0.3) is 0 Å². The van der Waals surface area contributed by atoms with Crippen LogP contribution in [0.25, 0.3) is 0 Å². The Morgan fingerprint density at radius 2 is 2.15 bits per heavy atom. The maximum absolute atomic E-state index is 12.4. The molecular weight excluding hydrogens is 280 g/mol. The van der Waals surface area contributed by atoms with Crippen LogP contribution in [0.3, 0.4) is 0 Å². The highest BCUT2D eigenvalue weighted by atomic mass is 32.2. The van der Waals surface area contributed by atoms with E-state index in [2.05, 4.69) is 23.9 Å². The molecule has 1 aliphatic heterocycles. The molecule has 0 bridgehead atoms. The first-order chi connectivity index (χ1) is 9.46. The number of alkyl halides is 2. The quantitative estimate of drug-likeness (QED) is 0.891. The van der Waals surface area contributed by atoms with Gasteiger partial charge in [0.05, 0.1) is 0 Å². The van der Waals surface area contributed by atoms with E-state index in [0.29, 0.717) is 18.0 Å². The largest absolute Gasteiger partial charge is 0.434 e. The molecule has 1 heterocycles. The Labute approximate surface area is 123 Å². The second kappa shape index (κ2) is 6.76. The average Bonchev–Trinajstić information content (AvgIpc) is 2.36. The third-order valence-electron chi connectivity index (χ3n) is 3.38. The molecule has 1 saturated heterocycles. The third-order valence-corrected chi connectivity index (χ3v) is 5.00. The van der Waals surface area contributed by atoms with Crippen molar-refractivity contribution in [1.29, 1.82) is 0 Å². The van der Waals surface area contributed by atoms with Crippen LogP contribution in [0.2, 0.25) is 0 Å². The molecule has 2 nitrogen and oxygen atoms in total. The van der Waals surface area contributed by atoms with Crippen LogP contribution in [0, 0.1) is 5.41 Å². The van der Waals surface area contributed by atoms with Crippen LogP contribution in [0.15, 0.2) is 24.3 Å². The molecule has 1 N–H and O–H groups in total. The highest BCUT2D eigenvalue weighted by Crippen LogP contribution is 2.33. The Bertz CT molecular complexity index is 440. The number of benzene rings is 1. The molecule has 20 heavy (non-hydrogen) atoms. The van der Waals surface area contributed by atoms with Crippen LogP contribution < -0.4 is 10.1 Å². The summed E-state index contributed by atoms with van der Waals surface area (Å²) >= 11 is 1.95. The number of halogens is 2. The first-order valence-corrected chi connectivity index (χ1v) is 7.96. The van der Waals surface area contributed by atoms with Crippen molar-refractivity contribution in [3.63, 3.8) is 0 Å². The fraction of sp³-hybridized carbons (Fsp3) is 0.600. The number of ether oxygens (including phenoxy) is 1. The third kappa shape index (κ3) is 4.63. The lowest BCUT2D eigenvalue weighted by atomic mass is 9.88. The Morgan fingerprint density at radius 1 is 1.40 bits per heavy atom. The zero-order chi connectivity index (χ0) is 14.6. The van der Waals surface area contributed by atoms with E-state index in [0.717, 1.165) is 17.7 Å². The Balaban J connectivity index is 1.93. The fourth-order valence-electron chi connectivity index (χ4n) is 2.51. The second-order valence-electron chi connectivity index (χ2n) is 5.95. The molecule has 1 aromatic rings. The molecular formula is C15H21F2NOS. The molecule has 112 valence electrons. The highest BCUT2D eigenvalue weighted by Gasteiger charge is 2.28. The van der Waals surface area contributed by atoms with Crippen LogP contribution in [-0.2, 0) is 6.54 Å². The predicted octanol–water partition coefficient (Wildman–Crippen LogP) is 3.91. The van der Waals surface area contributed by atoms with Crippen molar-refractivity contribution in [2.24, 2.45) is 5.41 Å². The lowest BCUT2D eigenvalue weighted by Gasteiger charge is -2.35. The molecule has 0 radical (unpaired) electrons. The van der Waals surface area contributed by atoms with Crippen molar-refractivity contribution in [2.45, 2.75) is 39.5 Å². The zero-order valence-corrected chi connectivity index (χ0v) is 12.7. The van der Waals surface area contributed by atoms with Gasteiger partial charge >= 0.3 is 6.61 Å². The van der Waals surface area contributed by atoms with Crippen LogP contribution in [-0.4, -0.2) is 24.2 Å². The van der Waals surface area contributed by atoms with E-state index in [1.165, 1.54) is 5.75 Å². The lowest BCUT2D eigenvalue weighted by Crippen LogP contribution is -2.40. The minimum absolute atomic E-state index is 0.262. The molecule has 0 aromatic heterocycles. The molecule has 2 rings (SSSR count). The van der Waals surface area contributed by atoms with E-state index >= 15 is 0 Å². The number of hydrogen-bond donors (Lipinski definition) is 1.